The number of anilines is 1. The van der Waals surface area contributed by atoms with Gasteiger partial charge in [-0.2, -0.15) is 0 Å². The maximum absolute atomic E-state index is 10.5. The Morgan fingerprint density at radius 3 is 2.82 bits per heavy atom. The van der Waals surface area contributed by atoms with Crippen molar-refractivity contribution in [2.75, 3.05) is 24.5 Å². The SMILES string of the molecule is CCN(CC)c1ncc(CNCCC(N)=O)s1. The Bertz CT molecular complexity index is 349. The third-order valence-electron chi connectivity index (χ3n) is 2.42. The van der Waals surface area contributed by atoms with Crippen LogP contribution in [0.4, 0.5) is 5.13 Å². The maximum atomic E-state index is 10.5. The highest BCUT2D eigenvalue weighted by Crippen LogP contribution is 2.21. The van der Waals surface area contributed by atoms with Crippen molar-refractivity contribution >= 4 is 22.4 Å². The van der Waals surface area contributed by atoms with E-state index in [1.54, 1.807) is 11.3 Å². The molecular weight excluding hydrogens is 236 g/mol. The lowest BCUT2D eigenvalue weighted by Crippen LogP contribution is -2.21. The molecule has 0 aromatic carbocycles. The summed E-state index contributed by atoms with van der Waals surface area (Å²) < 4.78 is 0. The van der Waals surface area contributed by atoms with Crippen molar-refractivity contribution in [1.29, 1.82) is 0 Å². The summed E-state index contributed by atoms with van der Waals surface area (Å²) >= 11 is 1.69. The zero-order valence-electron chi connectivity index (χ0n) is 10.4. The van der Waals surface area contributed by atoms with Crippen LogP contribution in [0.1, 0.15) is 25.1 Å². The first-order chi connectivity index (χ1) is 8.17. The molecule has 1 amide bonds. The number of amides is 1. The number of thiazole rings is 1. The Morgan fingerprint density at radius 1 is 1.53 bits per heavy atom. The number of nitrogens with zero attached hydrogens (tertiary/aromatic N) is 2. The largest absolute Gasteiger partial charge is 0.370 e. The van der Waals surface area contributed by atoms with Crippen molar-refractivity contribution in [3.63, 3.8) is 0 Å². The summed E-state index contributed by atoms with van der Waals surface area (Å²) in [5.41, 5.74) is 5.06. The maximum Gasteiger partial charge on any atom is 0.218 e. The zero-order chi connectivity index (χ0) is 12.7. The molecule has 0 unspecified atom stereocenters. The number of hydrogen-bond donors (Lipinski definition) is 2. The van der Waals surface area contributed by atoms with Crippen molar-refractivity contribution in [3.8, 4) is 0 Å². The number of carbonyl (C=O) groups is 1. The van der Waals surface area contributed by atoms with Crippen molar-refractivity contribution in [2.24, 2.45) is 5.73 Å². The molecule has 0 aliphatic heterocycles. The van der Waals surface area contributed by atoms with Crippen LogP contribution in [0.2, 0.25) is 0 Å². The molecule has 1 heterocycles. The average Bonchev–Trinajstić information content (AvgIpc) is 2.75. The van der Waals surface area contributed by atoms with Gasteiger partial charge < -0.3 is 16.0 Å². The summed E-state index contributed by atoms with van der Waals surface area (Å²) in [4.78, 5) is 18.3. The van der Waals surface area contributed by atoms with Crippen LogP contribution in [0.25, 0.3) is 0 Å². The van der Waals surface area contributed by atoms with Gasteiger partial charge in [-0.25, -0.2) is 4.98 Å². The number of rotatable bonds is 8. The van der Waals surface area contributed by atoms with E-state index in [4.69, 9.17) is 5.73 Å². The number of hydrogen-bond acceptors (Lipinski definition) is 5. The average molecular weight is 256 g/mol. The molecule has 0 fully saturated rings. The molecule has 0 aliphatic carbocycles. The Kier molecular flexibility index (Phi) is 5.93. The molecule has 0 radical (unpaired) electrons. The van der Waals surface area contributed by atoms with E-state index in [2.05, 4.69) is 29.0 Å². The van der Waals surface area contributed by atoms with E-state index in [1.165, 1.54) is 4.88 Å². The normalized spacial score (nSPS) is 10.5. The van der Waals surface area contributed by atoms with Gasteiger partial charge >= 0.3 is 0 Å². The molecule has 0 atom stereocenters. The molecule has 3 N–H and O–H groups in total. The van der Waals surface area contributed by atoms with E-state index >= 15 is 0 Å². The predicted octanol–water partition coefficient (Wildman–Crippen LogP) is 0.954. The quantitative estimate of drug-likeness (QED) is 0.679. The molecule has 1 aromatic heterocycles. The Morgan fingerprint density at radius 2 is 2.24 bits per heavy atom. The zero-order valence-corrected chi connectivity index (χ0v) is 11.2. The Hall–Kier alpha value is -1.14. The fraction of sp³-hybridized carbons (Fsp3) is 0.636. The minimum atomic E-state index is -0.273. The Labute approximate surface area is 106 Å². The van der Waals surface area contributed by atoms with Gasteiger partial charge in [0, 0.05) is 43.7 Å². The third-order valence-corrected chi connectivity index (χ3v) is 3.48. The first kappa shape index (κ1) is 13.9. The summed E-state index contributed by atoms with van der Waals surface area (Å²) in [6.45, 7) is 7.54. The van der Waals surface area contributed by atoms with Crippen LogP contribution in [-0.2, 0) is 11.3 Å². The fourth-order valence-electron chi connectivity index (χ4n) is 1.44. The first-order valence-electron chi connectivity index (χ1n) is 5.86. The van der Waals surface area contributed by atoms with Gasteiger partial charge in [0.05, 0.1) is 0 Å². The van der Waals surface area contributed by atoms with Gasteiger partial charge in [-0.15, -0.1) is 11.3 Å². The number of carbonyl (C=O) groups excluding carboxylic acids is 1. The number of primary amides is 1. The monoisotopic (exact) mass is 256 g/mol. The minimum absolute atomic E-state index is 0.273. The van der Waals surface area contributed by atoms with Crippen molar-refractivity contribution in [1.82, 2.24) is 10.3 Å². The van der Waals surface area contributed by atoms with Gasteiger partial charge in [-0.1, -0.05) is 0 Å². The lowest BCUT2D eigenvalue weighted by Gasteiger charge is -2.16. The van der Waals surface area contributed by atoms with Crippen LogP contribution >= 0.6 is 11.3 Å². The highest BCUT2D eigenvalue weighted by atomic mass is 32.1. The second-order valence-electron chi connectivity index (χ2n) is 3.67. The first-order valence-corrected chi connectivity index (χ1v) is 6.67. The van der Waals surface area contributed by atoms with E-state index in [1.807, 2.05) is 6.20 Å². The van der Waals surface area contributed by atoms with Gasteiger partial charge in [0.2, 0.25) is 5.91 Å². The molecule has 1 rings (SSSR count). The van der Waals surface area contributed by atoms with Crippen molar-refractivity contribution in [2.45, 2.75) is 26.8 Å². The highest BCUT2D eigenvalue weighted by molar-refractivity contribution is 7.15. The molecule has 6 heteroatoms. The summed E-state index contributed by atoms with van der Waals surface area (Å²) in [6, 6.07) is 0. The fourth-order valence-corrected chi connectivity index (χ4v) is 2.45. The minimum Gasteiger partial charge on any atom is -0.370 e. The molecule has 0 saturated carbocycles. The second kappa shape index (κ2) is 7.24. The van der Waals surface area contributed by atoms with Crippen LogP contribution in [0.3, 0.4) is 0 Å². The molecule has 96 valence electrons. The Balaban J connectivity index is 2.37. The van der Waals surface area contributed by atoms with E-state index in [9.17, 15) is 4.79 Å². The third kappa shape index (κ3) is 4.70. The summed E-state index contributed by atoms with van der Waals surface area (Å²) in [7, 11) is 0. The molecule has 0 spiro atoms. The van der Waals surface area contributed by atoms with Crippen LogP contribution in [0.15, 0.2) is 6.20 Å². The van der Waals surface area contributed by atoms with Gasteiger partial charge in [0.1, 0.15) is 0 Å². The van der Waals surface area contributed by atoms with E-state index in [-0.39, 0.29) is 5.91 Å². The van der Waals surface area contributed by atoms with Crippen LogP contribution in [-0.4, -0.2) is 30.5 Å². The van der Waals surface area contributed by atoms with E-state index < -0.39 is 0 Å². The molecule has 0 saturated heterocycles. The van der Waals surface area contributed by atoms with Gasteiger partial charge in [0.15, 0.2) is 5.13 Å². The molecule has 5 nitrogen and oxygen atoms in total. The van der Waals surface area contributed by atoms with E-state index in [0.29, 0.717) is 13.0 Å². The number of aromatic nitrogens is 1. The highest BCUT2D eigenvalue weighted by Gasteiger charge is 2.07. The van der Waals surface area contributed by atoms with E-state index in [0.717, 1.165) is 24.8 Å². The smallest absolute Gasteiger partial charge is 0.218 e. The number of nitrogens with two attached hydrogens (primary N) is 1. The molecule has 0 aliphatic rings. The van der Waals surface area contributed by atoms with Crippen LogP contribution < -0.4 is 16.0 Å². The summed E-state index contributed by atoms with van der Waals surface area (Å²) in [6.07, 6.45) is 2.26. The van der Waals surface area contributed by atoms with Gasteiger partial charge in [0.25, 0.3) is 0 Å². The topological polar surface area (TPSA) is 71.2 Å². The molecule has 1 aromatic rings. The predicted molar refractivity (Wildman–Crippen MR) is 71.2 cm³/mol. The second-order valence-corrected chi connectivity index (χ2v) is 4.77. The van der Waals surface area contributed by atoms with Crippen molar-refractivity contribution < 1.29 is 4.79 Å². The van der Waals surface area contributed by atoms with Crippen LogP contribution in [0, 0.1) is 0 Å². The summed E-state index contributed by atoms with van der Waals surface area (Å²) in [5, 5.41) is 4.23. The standard InChI is InChI=1S/C11H20N4OS/c1-3-15(4-2)11-14-8-9(17-11)7-13-6-5-10(12)16/h8,13H,3-7H2,1-2H3,(H2,12,16). The van der Waals surface area contributed by atoms with Crippen LogP contribution in [0.5, 0.6) is 0 Å². The molecule has 0 bridgehead atoms. The van der Waals surface area contributed by atoms with Gasteiger partial charge in [-0.05, 0) is 13.8 Å². The number of nitrogens with one attached hydrogen (secondary N) is 1. The van der Waals surface area contributed by atoms with Crippen molar-refractivity contribution in [3.05, 3.63) is 11.1 Å². The molecule has 17 heavy (non-hydrogen) atoms. The van der Waals surface area contributed by atoms with Gasteiger partial charge in [-0.3, -0.25) is 4.79 Å². The summed E-state index contributed by atoms with van der Waals surface area (Å²) in [5.74, 6) is -0.273. The lowest BCUT2D eigenvalue weighted by molar-refractivity contribution is -0.117. The lowest BCUT2D eigenvalue weighted by atomic mass is 10.4. The molecular formula is C11H20N4OS.